The molecule has 0 saturated carbocycles. The number of aromatic amines is 1. The fraction of sp³-hybridized carbons (Fsp3) is 0.545. The predicted molar refractivity (Wildman–Crippen MR) is 107 cm³/mol. The molecule has 27 heavy (non-hydrogen) atoms. The Kier molecular flexibility index (Phi) is 4.94. The van der Waals surface area contributed by atoms with Gasteiger partial charge in [-0.15, -0.1) is 0 Å². The van der Waals surface area contributed by atoms with Gasteiger partial charge in [-0.3, -0.25) is 9.59 Å². The van der Waals surface area contributed by atoms with Crippen molar-refractivity contribution in [1.82, 2.24) is 14.8 Å². The zero-order valence-electron chi connectivity index (χ0n) is 16.3. The van der Waals surface area contributed by atoms with E-state index in [0.717, 1.165) is 38.8 Å². The monoisotopic (exact) mass is 367 g/mol. The summed E-state index contributed by atoms with van der Waals surface area (Å²) < 4.78 is 0. The first-order valence-corrected chi connectivity index (χ1v) is 10.2. The number of nitrogens with zero attached hydrogens (tertiary/aromatic N) is 2. The highest BCUT2D eigenvalue weighted by Gasteiger charge is 2.33. The molecule has 2 aromatic rings. The number of aromatic nitrogens is 1. The van der Waals surface area contributed by atoms with Crippen molar-refractivity contribution >= 4 is 22.7 Å². The molecule has 2 fully saturated rings. The summed E-state index contributed by atoms with van der Waals surface area (Å²) >= 11 is 0. The summed E-state index contributed by atoms with van der Waals surface area (Å²) in [5.41, 5.74) is 4.01. The summed E-state index contributed by atoms with van der Waals surface area (Å²) in [6.07, 6.45) is 6.35. The van der Waals surface area contributed by atoms with E-state index in [0.29, 0.717) is 18.9 Å². The second-order valence-corrected chi connectivity index (χ2v) is 8.04. The van der Waals surface area contributed by atoms with Crippen LogP contribution in [0.25, 0.3) is 10.9 Å². The van der Waals surface area contributed by atoms with Gasteiger partial charge in [-0.2, -0.15) is 0 Å². The number of H-pyrrole nitrogens is 1. The van der Waals surface area contributed by atoms with Gasteiger partial charge in [-0.05, 0) is 42.7 Å². The minimum Gasteiger partial charge on any atom is -0.361 e. The molecule has 1 aromatic carbocycles. The molecule has 0 aliphatic carbocycles. The Labute approximate surface area is 160 Å². The molecule has 2 aliphatic rings. The summed E-state index contributed by atoms with van der Waals surface area (Å²) in [6, 6.07) is 6.54. The van der Waals surface area contributed by atoms with Crippen molar-refractivity contribution < 1.29 is 9.59 Å². The number of piperidine rings is 2. The number of amides is 2. The number of rotatable bonds is 3. The van der Waals surface area contributed by atoms with E-state index < -0.39 is 0 Å². The number of para-hydroxylation sites is 1. The fourth-order valence-corrected chi connectivity index (χ4v) is 4.69. The molecule has 1 N–H and O–H groups in total. The van der Waals surface area contributed by atoms with E-state index in [1.165, 1.54) is 22.0 Å². The molecule has 2 aliphatic heterocycles. The van der Waals surface area contributed by atoms with Gasteiger partial charge in [0.25, 0.3) is 0 Å². The molecule has 144 valence electrons. The van der Waals surface area contributed by atoms with Gasteiger partial charge in [0.05, 0.1) is 0 Å². The largest absolute Gasteiger partial charge is 0.361 e. The van der Waals surface area contributed by atoms with Crippen molar-refractivity contribution in [3.63, 3.8) is 0 Å². The number of benzene rings is 1. The molecule has 2 saturated heterocycles. The number of fused-ring (bicyclic) bond motifs is 1. The number of carbonyl (C=O) groups excluding carboxylic acids is 2. The number of hydrogen-bond donors (Lipinski definition) is 1. The summed E-state index contributed by atoms with van der Waals surface area (Å²) in [4.78, 5) is 32.0. The fourth-order valence-electron chi connectivity index (χ4n) is 4.69. The van der Waals surface area contributed by atoms with Crippen molar-refractivity contribution in [3.8, 4) is 0 Å². The van der Waals surface area contributed by atoms with Crippen LogP contribution in [0.2, 0.25) is 0 Å². The maximum atomic E-state index is 12.8. The lowest BCUT2D eigenvalue weighted by Gasteiger charge is -2.36. The van der Waals surface area contributed by atoms with Gasteiger partial charge < -0.3 is 14.8 Å². The quantitative estimate of drug-likeness (QED) is 0.905. The molecule has 5 heteroatoms. The molecular formula is C22H29N3O2. The number of nitrogens with one attached hydrogen (secondary N) is 1. The zero-order valence-corrected chi connectivity index (χ0v) is 16.3. The number of likely N-dealkylation sites (tertiary alicyclic amines) is 2. The van der Waals surface area contributed by atoms with Crippen molar-refractivity contribution in [2.24, 2.45) is 5.92 Å². The summed E-state index contributed by atoms with van der Waals surface area (Å²) in [6.45, 7) is 4.47. The predicted octanol–water partition coefficient (Wildman–Crippen LogP) is 3.30. The highest BCUT2D eigenvalue weighted by molar-refractivity contribution is 5.88. The second kappa shape index (κ2) is 7.37. The molecule has 3 heterocycles. The van der Waals surface area contributed by atoms with Gasteiger partial charge >= 0.3 is 0 Å². The van der Waals surface area contributed by atoms with E-state index >= 15 is 0 Å². The highest BCUT2D eigenvalue weighted by atomic mass is 16.2. The van der Waals surface area contributed by atoms with Crippen molar-refractivity contribution in [2.75, 3.05) is 26.7 Å². The van der Waals surface area contributed by atoms with E-state index in [1.54, 1.807) is 4.90 Å². The van der Waals surface area contributed by atoms with Crippen LogP contribution >= 0.6 is 0 Å². The van der Waals surface area contributed by atoms with E-state index in [1.807, 2.05) is 11.9 Å². The third-order valence-corrected chi connectivity index (χ3v) is 6.47. The summed E-state index contributed by atoms with van der Waals surface area (Å²) in [5.74, 6) is 0.654. The molecule has 0 spiro atoms. The molecule has 4 rings (SSSR count). The summed E-state index contributed by atoms with van der Waals surface area (Å²) in [5, 5.41) is 1.33. The second-order valence-electron chi connectivity index (χ2n) is 8.04. The van der Waals surface area contributed by atoms with Crippen LogP contribution in [0.5, 0.6) is 0 Å². The van der Waals surface area contributed by atoms with Crippen LogP contribution < -0.4 is 0 Å². The third kappa shape index (κ3) is 3.35. The van der Waals surface area contributed by atoms with Crippen LogP contribution in [0, 0.1) is 5.92 Å². The van der Waals surface area contributed by atoms with Gasteiger partial charge in [0, 0.05) is 56.1 Å². The average molecular weight is 367 g/mol. The van der Waals surface area contributed by atoms with Crippen molar-refractivity contribution in [2.45, 2.75) is 44.9 Å². The first-order valence-electron chi connectivity index (χ1n) is 10.2. The molecular weight excluding hydrogens is 338 g/mol. The normalized spacial score (nSPS) is 21.9. The van der Waals surface area contributed by atoms with E-state index in [9.17, 15) is 9.59 Å². The molecule has 0 radical (unpaired) electrons. The minimum absolute atomic E-state index is 0.0972. The molecule has 2 amide bonds. The molecule has 1 atom stereocenters. The van der Waals surface area contributed by atoms with Crippen LogP contribution in [-0.4, -0.2) is 53.3 Å². The topological polar surface area (TPSA) is 56.4 Å². The lowest BCUT2D eigenvalue weighted by atomic mass is 9.87. The first kappa shape index (κ1) is 18.1. The van der Waals surface area contributed by atoms with E-state index in [4.69, 9.17) is 0 Å². The van der Waals surface area contributed by atoms with Crippen molar-refractivity contribution in [3.05, 3.63) is 35.5 Å². The standard InChI is InChI=1S/C22H29N3O2/c1-3-15-5-4-6-18-19(14-23-21(15)18)16-8-11-25(12-9-16)22(27)17-7-10-24(2)20(26)13-17/h4-6,14,16-17,23H,3,7-13H2,1-2H3. The van der Waals surface area contributed by atoms with Gasteiger partial charge in [0.2, 0.25) is 11.8 Å². The van der Waals surface area contributed by atoms with Gasteiger partial charge in [-0.25, -0.2) is 0 Å². The molecule has 0 bridgehead atoms. The Bertz CT molecular complexity index is 848. The Morgan fingerprint density at radius 3 is 2.67 bits per heavy atom. The molecule has 5 nitrogen and oxygen atoms in total. The van der Waals surface area contributed by atoms with E-state index in [-0.39, 0.29) is 17.7 Å². The Balaban J connectivity index is 1.42. The molecule has 1 unspecified atom stereocenters. The Hall–Kier alpha value is -2.30. The van der Waals surface area contributed by atoms with Crippen LogP contribution in [0.1, 0.15) is 49.7 Å². The number of carbonyl (C=O) groups is 2. The van der Waals surface area contributed by atoms with Gasteiger partial charge in [0.1, 0.15) is 0 Å². The number of aryl methyl sites for hydroxylation is 1. The van der Waals surface area contributed by atoms with Crippen LogP contribution in [0.3, 0.4) is 0 Å². The Morgan fingerprint density at radius 1 is 1.19 bits per heavy atom. The SMILES string of the molecule is CCc1cccc2c(C3CCN(C(=O)C4CCN(C)C(=O)C4)CC3)c[nH]c12. The number of hydrogen-bond acceptors (Lipinski definition) is 2. The Morgan fingerprint density at radius 2 is 1.96 bits per heavy atom. The first-order chi connectivity index (χ1) is 13.1. The minimum atomic E-state index is -0.120. The van der Waals surface area contributed by atoms with E-state index in [2.05, 4.69) is 36.3 Å². The molecule has 1 aromatic heterocycles. The van der Waals surface area contributed by atoms with Crippen LogP contribution in [0.15, 0.2) is 24.4 Å². The van der Waals surface area contributed by atoms with Gasteiger partial charge in [-0.1, -0.05) is 25.1 Å². The zero-order chi connectivity index (χ0) is 19.0. The van der Waals surface area contributed by atoms with Crippen LogP contribution in [0.4, 0.5) is 0 Å². The smallest absolute Gasteiger partial charge is 0.226 e. The average Bonchev–Trinajstić information content (AvgIpc) is 3.14. The third-order valence-electron chi connectivity index (χ3n) is 6.47. The van der Waals surface area contributed by atoms with Crippen molar-refractivity contribution in [1.29, 1.82) is 0 Å². The lowest BCUT2D eigenvalue weighted by molar-refractivity contribution is -0.145. The van der Waals surface area contributed by atoms with Crippen LogP contribution in [-0.2, 0) is 16.0 Å². The van der Waals surface area contributed by atoms with Gasteiger partial charge in [0.15, 0.2) is 0 Å². The summed E-state index contributed by atoms with van der Waals surface area (Å²) in [7, 11) is 1.82. The maximum absolute atomic E-state index is 12.8. The maximum Gasteiger partial charge on any atom is 0.226 e. The lowest BCUT2D eigenvalue weighted by Crippen LogP contribution is -2.46. The highest BCUT2D eigenvalue weighted by Crippen LogP contribution is 2.35.